The highest BCUT2D eigenvalue weighted by Gasteiger charge is 2.10. The van der Waals surface area contributed by atoms with Crippen LogP contribution in [0.4, 0.5) is 0 Å². The number of aromatic nitrogens is 2. The third-order valence-corrected chi connectivity index (χ3v) is 3.60. The van der Waals surface area contributed by atoms with Gasteiger partial charge in [0.25, 0.3) is 5.56 Å². The maximum absolute atomic E-state index is 12.3. The maximum atomic E-state index is 12.3. The minimum atomic E-state index is 0.0562. The topological polar surface area (TPSA) is 50.2 Å². The van der Waals surface area contributed by atoms with Gasteiger partial charge < -0.3 is 5.32 Å². The van der Waals surface area contributed by atoms with Crippen LogP contribution in [0.2, 0.25) is 0 Å². The zero-order chi connectivity index (χ0) is 13.1. The lowest BCUT2D eigenvalue weighted by atomic mass is 10.2. The fourth-order valence-electron chi connectivity index (χ4n) is 2.45. The highest BCUT2D eigenvalue weighted by atomic mass is 16.1. The van der Waals surface area contributed by atoms with Gasteiger partial charge in [0.1, 0.15) is 0 Å². The van der Waals surface area contributed by atoms with Gasteiger partial charge in [-0.25, -0.2) is 4.98 Å². The molecular formula is C14H18N4O. The molecule has 0 aliphatic carbocycles. The molecule has 1 aliphatic rings. The van der Waals surface area contributed by atoms with E-state index in [1.807, 2.05) is 24.3 Å². The van der Waals surface area contributed by atoms with E-state index in [1.54, 1.807) is 10.9 Å². The zero-order valence-corrected chi connectivity index (χ0v) is 10.9. The lowest BCUT2D eigenvalue weighted by molar-refractivity contribution is 0.231. The molecule has 2 aromatic rings. The molecule has 0 bridgehead atoms. The van der Waals surface area contributed by atoms with Crippen molar-refractivity contribution in [1.29, 1.82) is 0 Å². The number of hydrogen-bond acceptors (Lipinski definition) is 4. The lowest BCUT2D eigenvalue weighted by Crippen LogP contribution is -2.45. The molecule has 0 amide bonds. The van der Waals surface area contributed by atoms with Crippen LogP contribution in [0.1, 0.15) is 0 Å². The van der Waals surface area contributed by atoms with Crippen LogP contribution in [0.25, 0.3) is 10.9 Å². The van der Waals surface area contributed by atoms with Gasteiger partial charge >= 0.3 is 0 Å². The van der Waals surface area contributed by atoms with Crippen molar-refractivity contribution in [2.75, 3.05) is 32.7 Å². The summed E-state index contributed by atoms with van der Waals surface area (Å²) >= 11 is 0. The summed E-state index contributed by atoms with van der Waals surface area (Å²) in [7, 11) is 0. The Hall–Kier alpha value is -1.72. The lowest BCUT2D eigenvalue weighted by Gasteiger charge is -2.27. The fraction of sp³-hybridized carbons (Fsp3) is 0.429. The summed E-state index contributed by atoms with van der Waals surface area (Å²) in [5.41, 5.74) is 0.826. The molecule has 0 atom stereocenters. The molecule has 1 aliphatic heterocycles. The minimum Gasteiger partial charge on any atom is -0.314 e. The Morgan fingerprint density at radius 2 is 1.95 bits per heavy atom. The third kappa shape index (κ3) is 2.67. The molecule has 5 nitrogen and oxygen atoms in total. The van der Waals surface area contributed by atoms with E-state index < -0.39 is 0 Å². The molecule has 0 spiro atoms. The van der Waals surface area contributed by atoms with Crippen molar-refractivity contribution in [1.82, 2.24) is 19.8 Å². The van der Waals surface area contributed by atoms with E-state index in [4.69, 9.17) is 0 Å². The Morgan fingerprint density at radius 1 is 1.16 bits per heavy atom. The van der Waals surface area contributed by atoms with E-state index >= 15 is 0 Å². The first-order valence-corrected chi connectivity index (χ1v) is 6.72. The zero-order valence-electron chi connectivity index (χ0n) is 10.9. The van der Waals surface area contributed by atoms with Crippen LogP contribution in [0.5, 0.6) is 0 Å². The molecule has 3 rings (SSSR count). The van der Waals surface area contributed by atoms with Crippen molar-refractivity contribution in [3.05, 3.63) is 40.9 Å². The molecule has 19 heavy (non-hydrogen) atoms. The van der Waals surface area contributed by atoms with Crippen LogP contribution < -0.4 is 10.9 Å². The minimum absolute atomic E-state index is 0.0562. The second kappa shape index (κ2) is 5.50. The average molecular weight is 258 g/mol. The van der Waals surface area contributed by atoms with Crippen molar-refractivity contribution < 1.29 is 0 Å². The number of hydrogen-bond donors (Lipinski definition) is 1. The Morgan fingerprint density at radius 3 is 2.79 bits per heavy atom. The molecule has 1 aromatic carbocycles. The van der Waals surface area contributed by atoms with E-state index in [2.05, 4.69) is 15.2 Å². The Kier molecular flexibility index (Phi) is 3.57. The Balaban J connectivity index is 1.77. The van der Waals surface area contributed by atoms with Crippen molar-refractivity contribution in [2.24, 2.45) is 0 Å². The van der Waals surface area contributed by atoms with E-state index in [0.29, 0.717) is 11.9 Å². The summed E-state index contributed by atoms with van der Waals surface area (Å²) in [6, 6.07) is 7.50. The van der Waals surface area contributed by atoms with Crippen LogP contribution in [-0.2, 0) is 6.54 Å². The summed E-state index contributed by atoms with van der Waals surface area (Å²) in [6.07, 6.45) is 1.66. The van der Waals surface area contributed by atoms with E-state index in [-0.39, 0.29) is 5.56 Å². The molecule has 1 fully saturated rings. The van der Waals surface area contributed by atoms with E-state index in [1.165, 1.54) is 0 Å². The molecular weight excluding hydrogens is 240 g/mol. The first-order valence-electron chi connectivity index (χ1n) is 6.72. The van der Waals surface area contributed by atoms with Crippen LogP contribution in [-0.4, -0.2) is 47.2 Å². The molecule has 100 valence electrons. The number of rotatable bonds is 3. The highest BCUT2D eigenvalue weighted by molar-refractivity contribution is 5.76. The highest BCUT2D eigenvalue weighted by Crippen LogP contribution is 2.04. The first-order chi connectivity index (χ1) is 9.34. The summed E-state index contributed by atoms with van der Waals surface area (Å²) in [6.45, 7) is 5.78. The van der Waals surface area contributed by atoms with Crippen molar-refractivity contribution in [3.63, 3.8) is 0 Å². The van der Waals surface area contributed by atoms with E-state index in [0.717, 1.165) is 38.2 Å². The number of fused-ring (bicyclic) bond motifs is 1. The van der Waals surface area contributed by atoms with Gasteiger partial charge in [-0.1, -0.05) is 12.1 Å². The monoisotopic (exact) mass is 258 g/mol. The smallest absolute Gasteiger partial charge is 0.261 e. The van der Waals surface area contributed by atoms with Crippen LogP contribution in [0.15, 0.2) is 35.4 Å². The number of para-hydroxylation sites is 1. The van der Waals surface area contributed by atoms with Gasteiger partial charge in [-0.15, -0.1) is 0 Å². The molecule has 0 radical (unpaired) electrons. The number of benzene rings is 1. The normalized spacial score (nSPS) is 16.8. The molecule has 1 saturated heterocycles. The second-order valence-corrected chi connectivity index (χ2v) is 4.85. The fourth-order valence-corrected chi connectivity index (χ4v) is 2.45. The number of nitrogens with zero attached hydrogens (tertiary/aromatic N) is 3. The molecule has 2 heterocycles. The van der Waals surface area contributed by atoms with Crippen LogP contribution >= 0.6 is 0 Å². The standard InChI is InChI=1S/C14H18N4O/c19-14-12-3-1-2-4-13(12)16-11-18(14)10-9-17-7-5-15-6-8-17/h1-4,11,15H,5-10H2. The molecule has 1 N–H and O–H groups in total. The van der Waals surface area contributed by atoms with Gasteiger partial charge in [0.05, 0.1) is 17.2 Å². The quantitative estimate of drug-likeness (QED) is 0.860. The second-order valence-electron chi connectivity index (χ2n) is 4.85. The molecule has 5 heteroatoms. The van der Waals surface area contributed by atoms with Gasteiger partial charge in [-0.3, -0.25) is 14.3 Å². The predicted octanol–water partition coefficient (Wildman–Crippen LogP) is 0.302. The van der Waals surface area contributed by atoms with Gasteiger partial charge in [0, 0.05) is 39.3 Å². The maximum Gasteiger partial charge on any atom is 0.261 e. The Bertz CT molecular complexity index is 616. The predicted molar refractivity (Wildman–Crippen MR) is 75.3 cm³/mol. The SMILES string of the molecule is O=c1c2ccccc2ncn1CCN1CCNCC1. The number of piperazine rings is 1. The van der Waals surface area contributed by atoms with Gasteiger partial charge in [-0.05, 0) is 12.1 Å². The van der Waals surface area contributed by atoms with Gasteiger partial charge in [0.2, 0.25) is 0 Å². The Labute approximate surface area is 111 Å². The molecule has 1 aromatic heterocycles. The number of nitrogens with one attached hydrogen (secondary N) is 1. The van der Waals surface area contributed by atoms with Gasteiger partial charge in [-0.2, -0.15) is 0 Å². The summed E-state index contributed by atoms with van der Waals surface area (Å²) < 4.78 is 1.71. The average Bonchev–Trinajstić information content (AvgIpc) is 2.48. The third-order valence-electron chi connectivity index (χ3n) is 3.60. The largest absolute Gasteiger partial charge is 0.314 e. The van der Waals surface area contributed by atoms with Crippen molar-refractivity contribution in [3.8, 4) is 0 Å². The van der Waals surface area contributed by atoms with Crippen LogP contribution in [0, 0.1) is 0 Å². The van der Waals surface area contributed by atoms with E-state index in [9.17, 15) is 4.79 Å². The van der Waals surface area contributed by atoms with Gasteiger partial charge in [0.15, 0.2) is 0 Å². The summed E-state index contributed by atoms with van der Waals surface area (Å²) in [5, 5.41) is 4.03. The summed E-state index contributed by atoms with van der Waals surface area (Å²) in [5.74, 6) is 0. The van der Waals surface area contributed by atoms with Crippen molar-refractivity contribution >= 4 is 10.9 Å². The molecule has 0 saturated carbocycles. The molecule has 0 unspecified atom stereocenters. The summed E-state index contributed by atoms with van der Waals surface area (Å²) in [4.78, 5) is 19.0. The first kappa shape index (κ1) is 12.3. The van der Waals surface area contributed by atoms with Crippen molar-refractivity contribution in [2.45, 2.75) is 6.54 Å². The van der Waals surface area contributed by atoms with Crippen LogP contribution in [0.3, 0.4) is 0 Å².